The number of hydrogen-bond donors (Lipinski definition) is 2. The van der Waals surface area contributed by atoms with E-state index in [0.29, 0.717) is 12.8 Å². The molecular formula is C16H22N4O2. The van der Waals surface area contributed by atoms with Gasteiger partial charge in [-0.3, -0.25) is 14.9 Å². The van der Waals surface area contributed by atoms with E-state index in [1.54, 1.807) is 0 Å². The minimum Gasteiger partial charge on any atom is -0.374 e. The molecule has 0 bridgehead atoms. The van der Waals surface area contributed by atoms with Gasteiger partial charge in [0.05, 0.1) is 0 Å². The first-order valence-corrected chi connectivity index (χ1v) is 7.75. The third-order valence-corrected chi connectivity index (χ3v) is 4.32. The van der Waals surface area contributed by atoms with Gasteiger partial charge >= 0.3 is 0 Å². The zero-order chi connectivity index (χ0) is 15.5. The molecular weight excluding hydrogens is 280 g/mol. The minimum atomic E-state index is -0.327. The molecule has 0 aromatic heterocycles. The van der Waals surface area contributed by atoms with Crippen LogP contribution in [-0.4, -0.2) is 56.0 Å². The summed E-state index contributed by atoms with van der Waals surface area (Å²) in [6.07, 6.45) is 0.938. The summed E-state index contributed by atoms with van der Waals surface area (Å²) in [6.45, 7) is 4.24. The fourth-order valence-corrected chi connectivity index (χ4v) is 2.87. The van der Waals surface area contributed by atoms with E-state index in [9.17, 15) is 9.59 Å². The minimum absolute atomic E-state index is 0.187. The van der Waals surface area contributed by atoms with Crippen LogP contribution >= 0.6 is 0 Å². The van der Waals surface area contributed by atoms with Gasteiger partial charge in [0.15, 0.2) is 0 Å². The lowest BCUT2D eigenvalue weighted by molar-refractivity contribution is -0.133. The third-order valence-electron chi connectivity index (χ3n) is 4.32. The van der Waals surface area contributed by atoms with Gasteiger partial charge in [-0.1, -0.05) is 0 Å². The topological polar surface area (TPSA) is 64.7 Å². The lowest BCUT2D eigenvalue weighted by Gasteiger charge is -2.34. The van der Waals surface area contributed by atoms with Crippen LogP contribution in [0.4, 0.5) is 11.4 Å². The van der Waals surface area contributed by atoms with Gasteiger partial charge in [-0.15, -0.1) is 0 Å². The van der Waals surface area contributed by atoms with Crippen LogP contribution in [0.5, 0.6) is 0 Å². The number of rotatable bonds is 3. The maximum absolute atomic E-state index is 11.7. The largest absolute Gasteiger partial charge is 0.374 e. The molecule has 118 valence electrons. The van der Waals surface area contributed by atoms with Crippen molar-refractivity contribution in [3.05, 3.63) is 24.3 Å². The van der Waals surface area contributed by atoms with E-state index in [2.05, 4.69) is 39.6 Å². The first-order chi connectivity index (χ1) is 10.6. The van der Waals surface area contributed by atoms with Crippen LogP contribution in [0.3, 0.4) is 0 Å². The number of likely N-dealkylation sites (N-methyl/N-ethyl adjacent to an activating group) is 1. The lowest BCUT2D eigenvalue weighted by Crippen LogP contribution is -2.47. The van der Waals surface area contributed by atoms with Crippen LogP contribution in [0.25, 0.3) is 0 Å². The molecule has 2 heterocycles. The first kappa shape index (κ1) is 14.8. The summed E-state index contributed by atoms with van der Waals surface area (Å²) < 4.78 is 0. The molecule has 3 rings (SSSR count). The van der Waals surface area contributed by atoms with E-state index in [-0.39, 0.29) is 17.9 Å². The number of benzene rings is 1. The predicted octanol–water partition coefficient (Wildman–Crippen LogP) is 0.655. The van der Waals surface area contributed by atoms with Gasteiger partial charge in [-0.05, 0) is 37.7 Å². The Labute approximate surface area is 130 Å². The highest BCUT2D eigenvalue weighted by Crippen LogP contribution is 2.20. The smallest absolute Gasteiger partial charge is 0.249 e. The summed E-state index contributed by atoms with van der Waals surface area (Å²) in [4.78, 5) is 27.6. The van der Waals surface area contributed by atoms with Crippen molar-refractivity contribution < 1.29 is 9.59 Å². The van der Waals surface area contributed by atoms with E-state index in [4.69, 9.17) is 0 Å². The van der Waals surface area contributed by atoms with Gasteiger partial charge in [0.25, 0.3) is 0 Å². The third kappa shape index (κ3) is 3.39. The van der Waals surface area contributed by atoms with Crippen molar-refractivity contribution in [1.29, 1.82) is 0 Å². The second-order valence-electron chi connectivity index (χ2n) is 5.99. The van der Waals surface area contributed by atoms with E-state index < -0.39 is 0 Å². The van der Waals surface area contributed by atoms with Crippen LogP contribution in [0, 0.1) is 0 Å². The maximum Gasteiger partial charge on any atom is 0.249 e. The van der Waals surface area contributed by atoms with Crippen molar-refractivity contribution in [3.8, 4) is 0 Å². The zero-order valence-electron chi connectivity index (χ0n) is 12.8. The molecule has 2 saturated heterocycles. The average molecular weight is 302 g/mol. The second-order valence-corrected chi connectivity index (χ2v) is 5.99. The number of piperidine rings is 1. The SMILES string of the molecule is CN1CCN(c2ccc(NC3CCC(=O)NC3=O)cc2)CC1. The molecule has 6 heteroatoms. The van der Waals surface area contributed by atoms with Crippen LogP contribution in [0.15, 0.2) is 24.3 Å². The Balaban J connectivity index is 1.59. The number of amides is 2. The molecule has 1 aromatic carbocycles. The Hall–Kier alpha value is -2.08. The Morgan fingerprint density at radius 3 is 2.41 bits per heavy atom. The Morgan fingerprint density at radius 1 is 1.09 bits per heavy atom. The molecule has 1 aromatic rings. The van der Waals surface area contributed by atoms with Crippen LogP contribution in [0.1, 0.15) is 12.8 Å². The number of carbonyl (C=O) groups is 2. The van der Waals surface area contributed by atoms with Gasteiger partial charge in [0, 0.05) is 44.0 Å². The molecule has 2 aliphatic rings. The van der Waals surface area contributed by atoms with Crippen LogP contribution in [0.2, 0.25) is 0 Å². The predicted molar refractivity (Wildman–Crippen MR) is 85.9 cm³/mol. The molecule has 1 unspecified atom stereocenters. The lowest BCUT2D eigenvalue weighted by atomic mass is 10.1. The molecule has 0 saturated carbocycles. The van der Waals surface area contributed by atoms with Gasteiger partial charge in [0.1, 0.15) is 6.04 Å². The molecule has 2 aliphatic heterocycles. The summed E-state index contributed by atoms with van der Waals surface area (Å²) in [5.74, 6) is -0.423. The standard InChI is InChI=1S/C16H22N4O2/c1-19-8-10-20(11-9-19)13-4-2-12(3-5-13)17-14-6-7-15(21)18-16(14)22/h2-5,14,17H,6-11H2,1H3,(H,18,21,22). The van der Waals surface area contributed by atoms with Crippen molar-refractivity contribution in [2.45, 2.75) is 18.9 Å². The molecule has 2 amide bonds. The summed E-state index contributed by atoms with van der Waals surface area (Å²) in [5, 5.41) is 5.56. The Morgan fingerprint density at radius 2 is 1.77 bits per heavy atom. The molecule has 2 fully saturated rings. The molecule has 0 aliphatic carbocycles. The monoisotopic (exact) mass is 302 g/mol. The highest BCUT2D eigenvalue weighted by molar-refractivity contribution is 6.01. The number of piperazine rings is 1. The van der Waals surface area contributed by atoms with E-state index in [0.717, 1.165) is 31.9 Å². The highest BCUT2D eigenvalue weighted by Gasteiger charge is 2.26. The Bertz CT molecular complexity index is 550. The zero-order valence-corrected chi connectivity index (χ0v) is 12.8. The molecule has 6 nitrogen and oxygen atoms in total. The maximum atomic E-state index is 11.7. The van der Waals surface area contributed by atoms with Crippen molar-refractivity contribution in [3.63, 3.8) is 0 Å². The molecule has 2 N–H and O–H groups in total. The number of hydrogen-bond acceptors (Lipinski definition) is 5. The van der Waals surface area contributed by atoms with Crippen molar-refractivity contribution in [2.75, 3.05) is 43.4 Å². The fraction of sp³-hybridized carbons (Fsp3) is 0.500. The fourth-order valence-electron chi connectivity index (χ4n) is 2.87. The molecule has 1 atom stereocenters. The molecule has 0 radical (unpaired) electrons. The summed E-state index contributed by atoms with van der Waals surface area (Å²) in [6, 6.07) is 7.83. The number of anilines is 2. The molecule has 0 spiro atoms. The summed E-state index contributed by atoms with van der Waals surface area (Å²) >= 11 is 0. The number of nitrogens with one attached hydrogen (secondary N) is 2. The van der Waals surface area contributed by atoms with Gasteiger partial charge in [0.2, 0.25) is 11.8 Å². The normalized spacial score (nSPS) is 23.3. The quantitative estimate of drug-likeness (QED) is 0.803. The summed E-state index contributed by atoms with van der Waals surface area (Å²) in [5.41, 5.74) is 2.12. The van der Waals surface area contributed by atoms with Gasteiger partial charge < -0.3 is 15.1 Å². The van der Waals surface area contributed by atoms with E-state index in [1.165, 1.54) is 5.69 Å². The van der Waals surface area contributed by atoms with E-state index >= 15 is 0 Å². The van der Waals surface area contributed by atoms with Crippen LogP contribution in [-0.2, 0) is 9.59 Å². The first-order valence-electron chi connectivity index (χ1n) is 7.75. The van der Waals surface area contributed by atoms with Gasteiger partial charge in [-0.2, -0.15) is 0 Å². The van der Waals surface area contributed by atoms with Crippen molar-refractivity contribution in [2.24, 2.45) is 0 Å². The summed E-state index contributed by atoms with van der Waals surface area (Å²) in [7, 11) is 2.14. The highest BCUT2D eigenvalue weighted by atomic mass is 16.2. The van der Waals surface area contributed by atoms with E-state index in [1.807, 2.05) is 12.1 Å². The average Bonchev–Trinajstić information content (AvgIpc) is 2.52. The number of carbonyl (C=O) groups excluding carboxylic acids is 2. The van der Waals surface area contributed by atoms with Crippen molar-refractivity contribution in [1.82, 2.24) is 10.2 Å². The second kappa shape index (κ2) is 6.36. The van der Waals surface area contributed by atoms with Gasteiger partial charge in [-0.25, -0.2) is 0 Å². The molecule has 22 heavy (non-hydrogen) atoms. The number of nitrogens with zero attached hydrogens (tertiary/aromatic N) is 2. The Kier molecular flexibility index (Phi) is 4.29. The number of imide groups is 1. The van der Waals surface area contributed by atoms with Crippen molar-refractivity contribution >= 4 is 23.2 Å². The van der Waals surface area contributed by atoms with Crippen LogP contribution < -0.4 is 15.5 Å².